The highest BCUT2D eigenvalue weighted by Gasteiger charge is 2.49. The van der Waals surface area contributed by atoms with Crippen LogP contribution in [0.25, 0.3) is 22.6 Å². The Kier molecular flexibility index (Phi) is 6.96. The Labute approximate surface area is 271 Å². The van der Waals surface area contributed by atoms with Gasteiger partial charge in [-0.2, -0.15) is 10.4 Å². The molecule has 46 heavy (non-hydrogen) atoms. The highest BCUT2D eigenvalue weighted by Crippen LogP contribution is 2.55. The molecule has 2 fully saturated rings. The lowest BCUT2D eigenvalue weighted by molar-refractivity contribution is -0.0692. The average molecular weight is 644 g/mol. The third kappa shape index (κ3) is 4.33. The van der Waals surface area contributed by atoms with Crippen molar-refractivity contribution in [1.29, 1.82) is 5.26 Å². The number of nitrogens with two attached hydrogens (primary N) is 1. The monoisotopic (exact) mass is 643 g/mol. The van der Waals surface area contributed by atoms with Crippen LogP contribution in [0, 0.1) is 11.3 Å². The number of aliphatic hydroxyl groups is 2. The number of anilines is 2. The lowest BCUT2D eigenvalue weighted by atomic mass is 9.63. The molecule has 4 aliphatic rings. The smallest absolute Gasteiger partial charge is 0.186 e. The first-order chi connectivity index (χ1) is 22.1. The number of aromatic nitrogens is 5. The fraction of sp³-hybridized carbons (Fsp3) is 0.606. The predicted molar refractivity (Wildman–Crippen MR) is 175 cm³/mol. The molecule has 242 valence electrons. The molecule has 4 aromatic heterocycles. The Morgan fingerprint density at radius 1 is 1.17 bits per heavy atom. The minimum Gasteiger partial charge on any atom is -0.390 e. The number of likely N-dealkylation sites (tertiary alicyclic amines) is 1. The quantitative estimate of drug-likeness (QED) is 0.295. The third-order valence-corrected chi connectivity index (χ3v) is 12.3. The Morgan fingerprint density at radius 3 is 2.72 bits per heavy atom. The summed E-state index contributed by atoms with van der Waals surface area (Å²) in [5, 5.41) is 42.7. The molecule has 4 aromatic rings. The van der Waals surface area contributed by atoms with Crippen LogP contribution in [0.15, 0.2) is 10.7 Å². The molecule has 2 aliphatic carbocycles. The number of likely N-dealkylation sites (N-methyl/N-ethyl adjacent to an activating group) is 1. The molecule has 5 atom stereocenters. The molecule has 0 aromatic carbocycles. The molecule has 13 heteroatoms. The predicted octanol–water partition coefficient (Wildman–Crippen LogP) is 3.93. The number of β-amino-alcohol motifs (C(OH)–C–C–N with tert-alkyl or cyclic N) is 1. The molecule has 1 spiro atoms. The molecule has 0 unspecified atom stereocenters. The van der Waals surface area contributed by atoms with Crippen molar-refractivity contribution in [3.8, 4) is 17.6 Å². The molecule has 12 nitrogen and oxygen atoms in total. The van der Waals surface area contributed by atoms with E-state index in [-0.39, 0.29) is 12.6 Å². The summed E-state index contributed by atoms with van der Waals surface area (Å²) in [5.74, 6) is 1.95. The average Bonchev–Trinajstić information content (AvgIpc) is 3.83. The molecule has 8 rings (SSSR count). The minimum absolute atomic E-state index is 0.0792. The standard InChI is InChI=1S/C33H41N9O3S/c1-18(22-8-6-13-40(22)3)42-31-21(16-36-42)30(41-14-10-24(43)32(2,44)17-41)37-29(38-31)26-19-7-4-11-33(27(19)45-39-26)12-5-9-23-25(33)20(15-34)28(35)46-23/h16,18,22,24,43-44H,4-14,17,35H2,1-3H3/t18-,22-,24+,32+,33-/m0/s1. The first-order valence-corrected chi connectivity index (χ1v) is 17.4. The van der Waals surface area contributed by atoms with Gasteiger partial charge >= 0.3 is 0 Å². The van der Waals surface area contributed by atoms with E-state index in [1.165, 1.54) is 16.2 Å². The highest BCUT2D eigenvalue weighted by atomic mass is 32.1. The zero-order valence-corrected chi connectivity index (χ0v) is 27.5. The van der Waals surface area contributed by atoms with Gasteiger partial charge in [-0.1, -0.05) is 5.16 Å². The van der Waals surface area contributed by atoms with E-state index in [2.05, 4.69) is 30.1 Å². The van der Waals surface area contributed by atoms with E-state index in [0.717, 1.165) is 85.8 Å². The minimum atomic E-state index is -1.29. The van der Waals surface area contributed by atoms with Crippen molar-refractivity contribution >= 4 is 33.2 Å². The van der Waals surface area contributed by atoms with Crippen LogP contribution in [-0.4, -0.2) is 84.4 Å². The number of nitrogen functional groups attached to an aromatic ring is 1. The van der Waals surface area contributed by atoms with Gasteiger partial charge < -0.3 is 30.3 Å². The van der Waals surface area contributed by atoms with E-state index in [4.69, 9.17) is 25.3 Å². The lowest BCUT2D eigenvalue weighted by Gasteiger charge is -2.41. The normalized spacial score (nSPS) is 28.8. The van der Waals surface area contributed by atoms with Crippen LogP contribution in [0.4, 0.5) is 10.8 Å². The van der Waals surface area contributed by atoms with Crippen molar-refractivity contribution in [2.24, 2.45) is 0 Å². The summed E-state index contributed by atoms with van der Waals surface area (Å²) in [6.45, 7) is 5.69. The van der Waals surface area contributed by atoms with Crippen LogP contribution in [0.5, 0.6) is 0 Å². The largest absolute Gasteiger partial charge is 0.390 e. The van der Waals surface area contributed by atoms with Crippen molar-refractivity contribution in [1.82, 2.24) is 29.8 Å². The van der Waals surface area contributed by atoms with Crippen LogP contribution in [0.1, 0.15) is 92.2 Å². The van der Waals surface area contributed by atoms with Gasteiger partial charge in [-0.25, -0.2) is 14.6 Å². The fourth-order valence-electron chi connectivity index (χ4n) is 8.82. The molecular formula is C33H41N9O3S. The van der Waals surface area contributed by atoms with Gasteiger partial charge in [0.05, 0.1) is 41.3 Å². The maximum Gasteiger partial charge on any atom is 0.186 e. The molecule has 0 bridgehead atoms. The number of piperidine rings is 1. The Morgan fingerprint density at radius 2 is 1.98 bits per heavy atom. The second-order valence-electron chi connectivity index (χ2n) is 14.1. The number of aryl methyl sites for hydroxylation is 1. The van der Waals surface area contributed by atoms with E-state index >= 15 is 0 Å². The van der Waals surface area contributed by atoms with Crippen LogP contribution in [0.3, 0.4) is 0 Å². The highest BCUT2D eigenvalue weighted by molar-refractivity contribution is 7.16. The SMILES string of the molecule is C[C@@H]([C@@H]1CCCN1C)n1ncc2c(N3CC[C@@H](O)[C@](C)(O)C3)nc(-c3noc4c3CCC[C@@]43CCCc4sc(N)c(C#N)c43)nc21. The first kappa shape index (κ1) is 29.8. The zero-order chi connectivity index (χ0) is 32.0. The molecule has 0 radical (unpaired) electrons. The summed E-state index contributed by atoms with van der Waals surface area (Å²) in [5.41, 5.74) is 8.59. The van der Waals surface area contributed by atoms with Crippen molar-refractivity contribution in [3.05, 3.63) is 33.5 Å². The maximum absolute atomic E-state index is 11.1. The molecule has 6 heterocycles. The van der Waals surface area contributed by atoms with Crippen LogP contribution in [0.2, 0.25) is 0 Å². The van der Waals surface area contributed by atoms with Gasteiger partial charge in [-0.05, 0) is 90.8 Å². The second-order valence-corrected chi connectivity index (χ2v) is 15.2. The van der Waals surface area contributed by atoms with E-state index < -0.39 is 17.1 Å². The summed E-state index contributed by atoms with van der Waals surface area (Å²) < 4.78 is 8.32. The van der Waals surface area contributed by atoms with Crippen LogP contribution >= 0.6 is 11.3 Å². The zero-order valence-electron chi connectivity index (χ0n) is 26.7. The summed E-state index contributed by atoms with van der Waals surface area (Å²) in [7, 11) is 2.17. The van der Waals surface area contributed by atoms with Crippen molar-refractivity contribution in [2.75, 3.05) is 37.3 Å². The molecule has 4 N–H and O–H groups in total. The molecule has 2 aliphatic heterocycles. The van der Waals surface area contributed by atoms with Gasteiger partial charge in [-0.15, -0.1) is 11.3 Å². The molecule has 0 amide bonds. The molecular weight excluding hydrogens is 602 g/mol. The second kappa shape index (κ2) is 10.7. The lowest BCUT2D eigenvalue weighted by Crippen LogP contribution is -2.55. The summed E-state index contributed by atoms with van der Waals surface area (Å²) >= 11 is 1.53. The van der Waals surface area contributed by atoms with E-state index in [1.54, 1.807) is 6.92 Å². The maximum atomic E-state index is 11.1. The van der Waals surface area contributed by atoms with E-state index in [9.17, 15) is 15.5 Å². The van der Waals surface area contributed by atoms with Crippen LogP contribution in [-0.2, 0) is 18.3 Å². The summed E-state index contributed by atoms with van der Waals surface area (Å²) in [6, 6.07) is 2.82. The van der Waals surface area contributed by atoms with E-state index in [0.29, 0.717) is 46.9 Å². The van der Waals surface area contributed by atoms with Gasteiger partial charge in [0.15, 0.2) is 22.9 Å². The fourth-order valence-corrected chi connectivity index (χ4v) is 9.98. The number of hydrogen-bond donors (Lipinski definition) is 3. The summed E-state index contributed by atoms with van der Waals surface area (Å²) in [6.07, 6.45) is 9.04. The number of nitrogens with zero attached hydrogens (tertiary/aromatic N) is 8. The van der Waals surface area contributed by atoms with Gasteiger partial charge in [0.2, 0.25) is 0 Å². The number of fused-ring (bicyclic) bond motifs is 5. The topological polar surface area (TPSA) is 166 Å². The number of aliphatic hydroxyl groups excluding tert-OH is 1. The van der Waals surface area contributed by atoms with Gasteiger partial charge in [0.25, 0.3) is 0 Å². The van der Waals surface area contributed by atoms with Crippen LogP contribution < -0.4 is 10.6 Å². The summed E-state index contributed by atoms with van der Waals surface area (Å²) in [4.78, 5) is 15.9. The van der Waals surface area contributed by atoms with Gasteiger partial charge in [0.1, 0.15) is 22.5 Å². The number of nitriles is 1. The third-order valence-electron chi connectivity index (χ3n) is 11.2. The van der Waals surface area contributed by atoms with E-state index in [1.807, 2.05) is 15.8 Å². The first-order valence-electron chi connectivity index (χ1n) is 16.5. The van der Waals surface area contributed by atoms with Crippen molar-refractivity contribution in [2.45, 2.75) is 101 Å². The van der Waals surface area contributed by atoms with Crippen molar-refractivity contribution < 1.29 is 14.7 Å². The Hall–Kier alpha value is -3.57. The Balaban J connectivity index is 1.29. The van der Waals surface area contributed by atoms with Gasteiger partial charge in [-0.3, -0.25) is 0 Å². The van der Waals surface area contributed by atoms with Crippen molar-refractivity contribution in [3.63, 3.8) is 0 Å². The number of thiophene rings is 1. The van der Waals surface area contributed by atoms with Gasteiger partial charge in [0, 0.05) is 23.0 Å². The number of rotatable bonds is 4. The number of hydrogen-bond acceptors (Lipinski definition) is 12. The Bertz CT molecular complexity index is 1870. The molecule has 2 saturated heterocycles. The molecule has 0 saturated carbocycles.